The highest BCUT2D eigenvalue weighted by Gasteiger charge is 2.36. The number of hydrogen-bond acceptors (Lipinski definition) is 0. The first-order valence-corrected chi connectivity index (χ1v) is 8.43. The van der Waals surface area contributed by atoms with E-state index in [9.17, 15) is 0 Å². The number of rotatable bonds is 0. The molecule has 0 amide bonds. The second-order valence-electron chi connectivity index (χ2n) is 7.59. The molecule has 1 rings (SSSR count). The Kier molecular flexibility index (Phi) is 5.84. The second kappa shape index (κ2) is 6.33. The van der Waals surface area contributed by atoms with Crippen LogP contribution in [0.15, 0.2) is 0 Å². The van der Waals surface area contributed by atoms with E-state index in [0.29, 0.717) is 4.32 Å². The van der Waals surface area contributed by atoms with Gasteiger partial charge in [0.05, 0.1) is 7.85 Å². The molecule has 18 heavy (non-hydrogen) atoms. The SMILES string of the molecule is [B]C1(C(C)(C)C)CCCCCC(C)(Br)CCCC1. The van der Waals surface area contributed by atoms with Gasteiger partial charge >= 0.3 is 0 Å². The Hall–Kier alpha value is 0.545. The molecule has 0 N–H and O–H groups in total. The van der Waals surface area contributed by atoms with Gasteiger partial charge in [0.1, 0.15) is 0 Å². The monoisotopic (exact) mass is 312 g/mol. The molecule has 1 fully saturated rings. The second-order valence-corrected chi connectivity index (χ2v) is 9.50. The van der Waals surface area contributed by atoms with Crippen LogP contribution in [0.25, 0.3) is 0 Å². The van der Waals surface area contributed by atoms with Crippen LogP contribution in [0.5, 0.6) is 0 Å². The smallest absolute Gasteiger partial charge is 0.0753 e. The van der Waals surface area contributed by atoms with Crippen LogP contribution in [-0.2, 0) is 0 Å². The minimum absolute atomic E-state index is 0.0278. The summed E-state index contributed by atoms with van der Waals surface area (Å²) < 4.78 is 0.357. The molecule has 0 heterocycles. The average molecular weight is 313 g/mol. The molecule has 2 unspecified atom stereocenters. The Morgan fingerprint density at radius 2 is 1.22 bits per heavy atom. The molecule has 2 atom stereocenters. The summed E-state index contributed by atoms with van der Waals surface area (Å²) in [5, 5.41) is 0.0278. The first-order chi connectivity index (χ1) is 8.16. The summed E-state index contributed by atoms with van der Waals surface area (Å²) in [4.78, 5) is 0. The summed E-state index contributed by atoms with van der Waals surface area (Å²) >= 11 is 3.90. The van der Waals surface area contributed by atoms with Gasteiger partial charge in [0.15, 0.2) is 0 Å². The lowest BCUT2D eigenvalue weighted by atomic mass is 9.50. The molecule has 104 valence electrons. The zero-order valence-electron chi connectivity index (χ0n) is 12.8. The summed E-state index contributed by atoms with van der Waals surface area (Å²) in [6.45, 7) is 9.27. The van der Waals surface area contributed by atoms with Crippen molar-refractivity contribution < 1.29 is 0 Å². The topological polar surface area (TPSA) is 0 Å². The lowest BCUT2D eigenvalue weighted by Crippen LogP contribution is -2.29. The van der Waals surface area contributed by atoms with Crippen molar-refractivity contribution in [2.75, 3.05) is 0 Å². The molecule has 0 nitrogen and oxygen atoms in total. The van der Waals surface area contributed by atoms with Crippen LogP contribution in [-0.4, -0.2) is 12.2 Å². The molecule has 0 aromatic heterocycles. The molecule has 2 heteroatoms. The highest BCUT2D eigenvalue weighted by molar-refractivity contribution is 9.10. The van der Waals surface area contributed by atoms with E-state index in [0.717, 1.165) is 0 Å². The van der Waals surface area contributed by atoms with Crippen molar-refractivity contribution in [1.29, 1.82) is 0 Å². The Labute approximate surface area is 124 Å². The molecule has 0 aliphatic heterocycles. The minimum Gasteiger partial charge on any atom is -0.0856 e. The van der Waals surface area contributed by atoms with Crippen LogP contribution in [0, 0.1) is 5.41 Å². The lowest BCUT2D eigenvalue weighted by Gasteiger charge is -2.43. The van der Waals surface area contributed by atoms with Crippen LogP contribution < -0.4 is 0 Å². The summed E-state index contributed by atoms with van der Waals surface area (Å²) in [5.41, 5.74) is 0.221. The third-order valence-electron chi connectivity index (χ3n) is 4.89. The third-order valence-corrected chi connectivity index (χ3v) is 5.68. The molecule has 1 saturated carbocycles. The average Bonchev–Trinajstić information content (AvgIpc) is 2.24. The van der Waals surface area contributed by atoms with Gasteiger partial charge < -0.3 is 0 Å². The summed E-state index contributed by atoms with van der Waals surface area (Å²) in [6.07, 6.45) is 11.5. The fourth-order valence-corrected chi connectivity index (χ4v) is 3.61. The molecule has 1 aliphatic carbocycles. The van der Waals surface area contributed by atoms with Crippen molar-refractivity contribution in [2.45, 2.75) is 95.1 Å². The van der Waals surface area contributed by atoms with Crippen LogP contribution in [0.3, 0.4) is 0 Å². The van der Waals surface area contributed by atoms with Crippen molar-refractivity contribution in [3.8, 4) is 0 Å². The van der Waals surface area contributed by atoms with E-state index >= 15 is 0 Å². The van der Waals surface area contributed by atoms with Crippen molar-refractivity contribution >= 4 is 23.8 Å². The molecule has 0 aromatic carbocycles. The van der Waals surface area contributed by atoms with Crippen LogP contribution in [0.2, 0.25) is 5.31 Å². The van der Waals surface area contributed by atoms with E-state index in [1.54, 1.807) is 0 Å². The number of alkyl halides is 1. The van der Waals surface area contributed by atoms with E-state index in [1.165, 1.54) is 57.8 Å². The maximum absolute atomic E-state index is 6.73. The van der Waals surface area contributed by atoms with E-state index in [2.05, 4.69) is 43.6 Å². The fraction of sp³-hybridized carbons (Fsp3) is 1.00. The Bertz CT molecular complexity index is 254. The normalized spacial score (nSPS) is 36.9. The van der Waals surface area contributed by atoms with Crippen molar-refractivity contribution in [2.24, 2.45) is 5.41 Å². The van der Waals surface area contributed by atoms with Crippen molar-refractivity contribution in [3.63, 3.8) is 0 Å². The zero-order chi connectivity index (χ0) is 13.9. The van der Waals surface area contributed by atoms with Gasteiger partial charge in [0.2, 0.25) is 0 Å². The van der Waals surface area contributed by atoms with Gasteiger partial charge in [-0.3, -0.25) is 0 Å². The first kappa shape index (κ1) is 16.6. The molecular formula is C16H30BBr. The highest BCUT2D eigenvalue weighted by atomic mass is 79.9. The van der Waals surface area contributed by atoms with Gasteiger partial charge in [-0.25, -0.2) is 0 Å². The number of hydrogen-bond donors (Lipinski definition) is 0. The van der Waals surface area contributed by atoms with Gasteiger partial charge in [-0.1, -0.05) is 87.0 Å². The van der Waals surface area contributed by atoms with Gasteiger partial charge in [0.25, 0.3) is 0 Å². The molecule has 1 aliphatic rings. The molecular weight excluding hydrogens is 283 g/mol. The number of halogens is 1. The predicted molar refractivity (Wildman–Crippen MR) is 86.8 cm³/mol. The Morgan fingerprint density at radius 1 is 0.833 bits per heavy atom. The molecule has 2 radical (unpaired) electrons. The van der Waals surface area contributed by atoms with E-state index in [1.807, 2.05) is 0 Å². The van der Waals surface area contributed by atoms with Crippen LogP contribution >= 0.6 is 15.9 Å². The quantitative estimate of drug-likeness (QED) is 0.378. The fourth-order valence-electron chi connectivity index (χ4n) is 3.04. The molecule has 0 saturated heterocycles. The minimum atomic E-state index is 0.0278. The molecule has 0 spiro atoms. The summed E-state index contributed by atoms with van der Waals surface area (Å²) in [6, 6.07) is 0. The largest absolute Gasteiger partial charge is 0.0856 e. The van der Waals surface area contributed by atoms with Crippen molar-refractivity contribution in [1.82, 2.24) is 0 Å². The molecule has 0 bridgehead atoms. The lowest BCUT2D eigenvalue weighted by molar-refractivity contribution is 0.222. The van der Waals surface area contributed by atoms with Gasteiger partial charge in [-0.05, 0) is 25.2 Å². The van der Waals surface area contributed by atoms with E-state index in [-0.39, 0.29) is 10.7 Å². The van der Waals surface area contributed by atoms with Gasteiger partial charge in [-0.15, -0.1) is 0 Å². The first-order valence-electron chi connectivity index (χ1n) is 7.64. The predicted octanol–water partition coefficient (Wildman–Crippen LogP) is 6.04. The standard InChI is InChI=1S/C16H30BBr/c1-14(2,3)16(17)12-7-5-6-10-15(4,18)11-8-9-13-16/h5-13H2,1-4H3. The summed E-state index contributed by atoms with van der Waals surface area (Å²) in [7, 11) is 6.73. The zero-order valence-corrected chi connectivity index (χ0v) is 14.4. The maximum Gasteiger partial charge on any atom is 0.0753 e. The van der Waals surface area contributed by atoms with Crippen LogP contribution in [0.4, 0.5) is 0 Å². The van der Waals surface area contributed by atoms with E-state index in [4.69, 9.17) is 7.85 Å². The van der Waals surface area contributed by atoms with Gasteiger partial charge in [-0.2, -0.15) is 0 Å². The van der Waals surface area contributed by atoms with Gasteiger partial charge in [0, 0.05) is 4.32 Å². The highest BCUT2D eigenvalue weighted by Crippen LogP contribution is 2.51. The van der Waals surface area contributed by atoms with E-state index < -0.39 is 0 Å². The Balaban J connectivity index is 2.66. The maximum atomic E-state index is 6.73. The van der Waals surface area contributed by atoms with Crippen LogP contribution in [0.1, 0.15) is 85.5 Å². The Morgan fingerprint density at radius 3 is 1.72 bits per heavy atom. The summed E-state index contributed by atoms with van der Waals surface area (Å²) in [5.74, 6) is 0. The third kappa shape index (κ3) is 4.91. The van der Waals surface area contributed by atoms with Crippen molar-refractivity contribution in [3.05, 3.63) is 0 Å². The molecule has 0 aromatic rings.